The highest BCUT2D eigenvalue weighted by molar-refractivity contribution is 5.95. The van der Waals surface area contributed by atoms with Gasteiger partial charge in [0.25, 0.3) is 0 Å². The monoisotopic (exact) mass is 253 g/mol. The molecule has 3 amide bonds. The summed E-state index contributed by atoms with van der Waals surface area (Å²) in [5.74, 6) is -0.345. The van der Waals surface area contributed by atoms with Crippen LogP contribution in [0.15, 0.2) is 0 Å². The minimum Gasteiger partial charge on any atom is -0.335 e. The van der Waals surface area contributed by atoms with Gasteiger partial charge in [-0.3, -0.25) is 15.0 Å². The van der Waals surface area contributed by atoms with E-state index in [4.69, 9.17) is 0 Å². The van der Waals surface area contributed by atoms with Gasteiger partial charge >= 0.3 is 6.03 Å². The number of rotatable bonds is 4. The fraction of sp³-hybridized carbons (Fsp3) is 0.750. The predicted molar refractivity (Wildman–Crippen MR) is 65.0 cm³/mol. The van der Waals surface area contributed by atoms with Gasteiger partial charge < -0.3 is 10.1 Å². The molecule has 2 rings (SSSR count). The molecule has 2 N–H and O–H groups in total. The van der Waals surface area contributed by atoms with Crippen LogP contribution in [-0.2, 0) is 9.59 Å². The van der Waals surface area contributed by atoms with Gasteiger partial charge in [0.05, 0.1) is 12.6 Å². The highest BCUT2D eigenvalue weighted by atomic mass is 16.2. The van der Waals surface area contributed by atoms with Gasteiger partial charge in [0, 0.05) is 6.04 Å². The van der Waals surface area contributed by atoms with E-state index in [-0.39, 0.29) is 24.5 Å². The van der Waals surface area contributed by atoms with Crippen LogP contribution in [0.1, 0.15) is 32.1 Å². The summed E-state index contributed by atoms with van der Waals surface area (Å²) in [5.41, 5.74) is 0. The molecule has 1 unspecified atom stereocenters. The maximum absolute atomic E-state index is 11.7. The number of amides is 3. The minimum atomic E-state index is -0.429. The van der Waals surface area contributed by atoms with E-state index >= 15 is 0 Å². The Kier molecular flexibility index (Phi) is 4.30. The Balaban J connectivity index is 1.74. The average Bonchev–Trinajstić information content (AvgIpc) is 3.13. The lowest BCUT2D eigenvalue weighted by molar-refractivity contribution is -0.123. The van der Waals surface area contributed by atoms with Gasteiger partial charge in [-0.1, -0.05) is 6.42 Å². The van der Waals surface area contributed by atoms with Crippen LogP contribution in [0.2, 0.25) is 0 Å². The summed E-state index contributed by atoms with van der Waals surface area (Å²) in [6.45, 7) is 0.850. The molecule has 0 aromatic carbocycles. The lowest BCUT2D eigenvalue weighted by atomic mass is 10.0. The number of carbonyl (C=O) groups excluding carboxylic acids is 3. The van der Waals surface area contributed by atoms with E-state index in [2.05, 4.69) is 10.6 Å². The number of imide groups is 1. The molecule has 6 nitrogen and oxygen atoms in total. The molecule has 2 aliphatic rings. The quantitative estimate of drug-likeness (QED) is 0.693. The first-order valence-corrected chi connectivity index (χ1v) is 6.48. The van der Waals surface area contributed by atoms with Crippen molar-refractivity contribution in [1.82, 2.24) is 15.5 Å². The molecule has 1 heterocycles. The van der Waals surface area contributed by atoms with Gasteiger partial charge in [-0.15, -0.1) is 0 Å². The molecule has 0 spiro atoms. The molecule has 6 heteroatoms. The molecule has 1 saturated heterocycles. The number of nitrogens with zero attached hydrogens (tertiary/aromatic N) is 1. The maximum Gasteiger partial charge on any atom is 0.321 e. The molecule has 2 fully saturated rings. The molecule has 100 valence electrons. The largest absolute Gasteiger partial charge is 0.335 e. The molecule has 0 bridgehead atoms. The summed E-state index contributed by atoms with van der Waals surface area (Å²) in [6, 6.07) is -0.381. The molecule has 0 radical (unpaired) electrons. The van der Waals surface area contributed by atoms with Crippen LogP contribution in [0.25, 0.3) is 0 Å². The van der Waals surface area contributed by atoms with E-state index in [9.17, 15) is 14.4 Å². The Morgan fingerprint density at radius 3 is 2.67 bits per heavy atom. The minimum absolute atomic E-state index is 0.113. The zero-order valence-electron chi connectivity index (χ0n) is 10.4. The van der Waals surface area contributed by atoms with Crippen molar-refractivity contribution in [2.45, 2.75) is 44.2 Å². The Labute approximate surface area is 106 Å². The summed E-state index contributed by atoms with van der Waals surface area (Å²) in [5, 5.41) is 4.98. The molecule has 1 atom stereocenters. The Morgan fingerprint density at radius 2 is 2.00 bits per heavy atom. The van der Waals surface area contributed by atoms with Crippen LogP contribution in [-0.4, -0.2) is 48.3 Å². The molecule has 1 aliphatic carbocycles. The van der Waals surface area contributed by atoms with Gasteiger partial charge in [0.2, 0.25) is 5.91 Å². The lowest BCUT2D eigenvalue weighted by Crippen LogP contribution is -2.49. The van der Waals surface area contributed by atoms with Gasteiger partial charge in [-0.25, -0.2) is 4.79 Å². The zero-order valence-corrected chi connectivity index (χ0v) is 10.4. The second-order valence-corrected chi connectivity index (χ2v) is 4.97. The highest BCUT2D eigenvalue weighted by Gasteiger charge is 2.26. The van der Waals surface area contributed by atoms with Crippen molar-refractivity contribution in [3.8, 4) is 0 Å². The number of aldehydes is 1. The van der Waals surface area contributed by atoms with E-state index in [1.165, 1.54) is 0 Å². The van der Waals surface area contributed by atoms with Crippen LogP contribution < -0.4 is 10.6 Å². The van der Waals surface area contributed by atoms with Gasteiger partial charge in [0.1, 0.15) is 6.29 Å². The lowest BCUT2D eigenvalue weighted by Gasteiger charge is -2.31. The highest BCUT2D eigenvalue weighted by Crippen LogP contribution is 2.18. The number of likely N-dealkylation sites (tertiary alicyclic amines) is 1. The third kappa shape index (κ3) is 3.80. The van der Waals surface area contributed by atoms with Crippen LogP contribution in [0.3, 0.4) is 0 Å². The first kappa shape index (κ1) is 13.0. The summed E-state index contributed by atoms with van der Waals surface area (Å²) < 4.78 is 0. The zero-order chi connectivity index (χ0) is 13.0. The smallest absolute Gasteiger partial charge is 0.321 e. The van der Waals surface area contributed by atoms with E-state index in [0.717, 1.165) is 44.9 Å². The third-order valence-corrected chi connectivity index (χ3v) is 3.33. The first-order chi connectivity index (χ1) is 8.69. The number of carbonyl (C=O) groups is 3. The van der Waals surface area contributed by atoms with Crippen molar-refractivity contribution in [2.75, 3.05) is 13.1 Å². The Bertz CT molecular complexity index is 341. The van der Waals surface area contributed by atoms with E-state index in [1.54, 1.807) is 0 Å². The number of piperidine rings is 1. The summed E-state index contributed by atoms with van der Waals surface area (Å²) in [6.07, 6.45) is 5.67. The van der Waals surface area contributed by atoms with Crippen molar-refractivity contribution in [2.24, 2.45) is 0 Å². The molecule has 0 aromatic rings. The molecule has 1 saturated carbocycles. The van der Waals surface area contributed by atoms with Crippen LogP contribution in [0.4, 0.5) is 4.79 Å². The van der Waals surface area contributed by atoms with Crippen molar-refractivity contribution < 1.29 is 14.4 Å². The SMILES string of the molecule is O=CC1CCCCN1CC(=O)NC(=O)NC1CC1. The molecule has 18 heavy (non-hydrogen) atoms. The van der Waals surface area contributed by atoms with Gasteiger partial charge in [-0.05, 0) is 32.2 Å². The van der Waals surface area contributed by atoms with Crippen LogP contribution in [0, 0.1) is 0 Å². The number of hydrogen-bond donors (Lipinski definition) is 2. The molecular weight excluding hydrogens is 234 g/mol. The fourth-order valence-electron chi connectivity index (χ4n) is 2.17. The second-order valence-electron chi connectivity index (χ2n) is 4.97. The van der Waals surface area contributed by atoms with Gasteiger partial charge in [0.15, 0.2) is 0 Å². The standard InChI is InChI=1S/C12H19N3O3/c16-8-10-3-1-2-6-15(10)7-11(17)14-12(18)13-9-4-5-9/h8-10H,1-7H2,(H2,13,14,17,18). The number of urea groups is 1. The number of nitrogens with one attached hydrogen (secondary N) is 2. The van der Waals surface area contributed by atoms with Crippen molar-refractivity contribution in [3.05, 3.63) is 0 Å². The van der Waals surface area contributed by atoms with E-state index < -0.39 is 6.03 Å². The third-order valence-electron chi connectivity index (χ3n) is 3.33. The Morgan fingerprint density at radius 1 is 1.22 bits per heavy atom. The average molecular weight is 253 g/mol. The number of hydrogen-bond acceptors (Lipinski definition) is 4. The Hall–Kier alpha value is -1.43. The fourth-order valence-corrected chi connectivity index (χ4v) is 2.17. The summed E-state index contributed by atoms with van der Waals surface area (Å²) in [4.78, 5) is 35.7. The van der Waals surface area contributed by atoms with E-state index in [1.807, 2.05) is 4.90 Å². The molecule has 1 aliphatic heterocycles. The normalized spacial score (nSPS) is 24.3. The van der Waals surface area contributed by atoms with Crippen molar-refractivity contribution >= 4 is 18.2 Å². The second kappa shape index (κ2) is 5.95. The van der Waals surface area contributed by atoms with Gasteiger partial charge in [-0.2, -0.15) is 0 Å². The van der Waals surface area contributed by atoms with E-state index in [0.29, 0.717) is 0 Å². The summed E-state index contributed by atoms with van der Waals surface area (Å²) in [7, 11) is 0. The molecular formula is C12H19N3O3. The molecule has 0 aromatic heterocycles. The van der Waals surface area contributed by atoms with Crippen LogP contribution >= 0.6 is 0 Å². The maximum atomic E-state index is 11.7. The predicted octanol–water partition coefficient (Wildman–Crippen LogP) is 0.0280. The van der Waals surface area contributed by atoms with Crippen molar-refractivity contribution in [3.63, 3.8) is 0 Å². The topological polar surface area (TPSA) is 78.5 Å². The van der Waals surface area contributed by atoms with Crippen molar-refractivity contribution in [1.29, 1.82) is 0 Å². The summed E-state index contributed by atoms with van der Waals surface area (Å²) >= 11 is 0. The first-order valence-electron chi connectivity index (χ1n) is 6.48. The van der Waals surface area contributed by atoms with Crippen LogP contribution in [0.5, 0.6) is 0 Å².